The van der Waals surface area contributed by atoms with Crippen LogP contribution in [0.5, 0.6) is 0 Å². The molecule has 0 spiro atoms. The number of amides is 3. The molecule has 1 rings (SSSR count). The van der Waals surface area contributed by atoms with Gasteiger partial charge in [-0.15, -0.1) is 0 Å². The normalized spacial score (nSPS) is 14.4. The van der Waals surface area contributed by atoms with Crippen LogP contribution in [0.4, 0.5) is 0 Å². The van der Waals surface area contributed by atoms with Crippen LogP contribution in [0, 0.1) is 5.92 Å². The summed E-state index contributed by atoms with van der Waals surface area (Å²) < 4.78 is 31.4. The Kier molecular flexibility index (Phi) is 37.9. The highest BCUT2D eigenvalue weighted by atomic mass is 32.3. The van der Waals surface area contributed by atoms with E-state index in [9.17, 15) is 27.4 Å². The monoisotopic (exact) mass is 859 g/mol. The highest BCUT2D eigenvalue weighted by Gasteiger charge is 2.35. The number of unbranched alkanes of at least 4 members (excludes halogenated alkanes) is 27. The van der Waals surface area contributed by atoms with Gasteiger partial charge in [-0.2, -0.15) is 0 Å². The molecule has 350 valence electrons. The number of quaternary nitrogens is 1. The van der Waals surface area contributed by atoms with E-state index < -0.39 is 10.4 Å². The number of nitrogens with one attached hydrogen (secondary N) is 2. The third-order valence-electron chi connectivity index (χ3n) is 11.8. The van der Waals surface area contributed by atoms with Gasteiger partial charge in [0, 0.05) is 25.8 Å². The zero-order valence-electron chi connectivity index (χ0n) is 39.1. The van der Waals surface area contributed by atoms with Gasteiger partial charge in [0.15, 0.2) is 20.0 Å². The molecule has 0 bridgehead atoms. The van der Waals surface area contributed by atoms with Gasteiger partial charge < -0.3 is 15.2 Å². The highest BCUT2D eigenvalue weighted by molar-refractivity contribution is 7.80. The summed E-state index contributed by atoms with van der Waals surface area (Å²) in [6, 6.07) is 0. The van der Waals surface area contributed by atoms with E-state index in [0.29, 0.717) is 49.7 Å². The SMILES string of the molecule is CCCCCCCCCCCCCCCCC(=O)NC[N+](C)(CNC(=O)CCCCCCCCCCCCCCCC)CN1CC(CCCC)CC1=O.COS(=O)(=O)[O-]. The van der Waals surface area contributed by atoms with Gasteiger partial charge in [-0.05, 0) is 25.2 Å². The van der Waals surface area contributed by atoms with Crippen LogP contribution in [-0.4, -0.2) is 80.8 Å². The lowest BCUT2D eigenvalue weighted by molar-refractivity contribution is -0.921. The minimum atomic E-state index is -4.41. The van der Waals surface area contributed by atoms with Crippen molar-refractivity contribution in [1.82, 2.24) is 15.5 Å². The van der Waals surface area contributed by atoms with Gasteiger partial charge in [0.25, 0.3) is 0 Å². The van der Waals surface area contributed by atoms with Crippen molar-refractivity contribution in [3.8, 4) is 0 Å². The molecular weight excluding hydrogens is 765 g/mol. The van der Waals surface area contributed by atoms with Crippen molar-refractivity contribution < 1.29 is 36.0 Å². The van der Waals surface area contributed by atoms with E-state index in [1.807, 2.05) is 4.90 Å². The number of hydrogen-bond acceptors (Lipinski definition) is 7. The highest BCUT2D eigenvalue weighted by Crippen LogP contribution is 2.24. The molecule has 3 amide bonds. The third-order valence-corrected chi connectivity index (χ3v) is 12.2. The summed E-state index contributed by atoms with van der Waals surface area (Å²) in [6.45, 7) is 8.89. The van der Waals surface area contributed by atoms with E-state index >= 15 is 0 Å². The van der Waals surface area contributed by atoms with Crippen LogP contribution in [0.25, 0.3) is 0 Å². The van der Waals surface area contributed by atoms with Crippen LogP contribution in [0.15, 0.2) is 0 Å². The molecule has 1 atom stereocenters. The zero-order valence-corrected chi connectivity index (χ0v) is 39.9. The summed E-state index contributed by atoms with van der Waals surface area (Å²) in [5, 5.41) is 6.34. The largest absolute Gasteiger partial charge is 0.726 e. The number of carbonyl (C=O) groups excluding carboxylic acids is 3. The van der Waals surface area contributed by atoms with E-state index in [-0.39, 0.29) is 17.7 Å². The van der Waals surface area contributed by atoms with E-state index in [2.05, 4.69) is 42.6 Å². The lowest BCUT2D eigenvalue weighted by Gasteiger charge is -2.37. The molecule has 1 unspecified atom stereocenters. The summed E-state index contributed by atoms with van der Waals surface area (Å²) in [5.74, 6) is 0.782. The van der Waals surface area contributed by atoms with E-state index in [4.69, 9.17) is 0 Å². The van der Waals surface area contributed by atoms with Crippen molar-refractivity contribution >= 4 is 28.1 Å². The second kappa shape index (κ2) is 39.1. The lowest BCUT2D eigenvalue weighted by Crippen LogP contribution is -2.60. The molecule has 0 saturated carbocycles. The van der Waals surface area contributed by atoms with Crippen molar-refractivity contribution in [3.05, 3.63) is 0 Å². The zero-order chi connectivity index (χ0) is 43.9. The molecule has 1 aliphatic rings. The average Bonchev–Trinajstić information content (AvgIpc) is 3.56. The predicted octanol–water partition coefficient (Wildman–Crippen LogP) is 11.4. The van der Waals surface area contributed by atoms with E-state index in [1.54, 1.807) is 0 Å². The Bertz CT molecular complexity index is 1080. The first-order valence-corrected chi connectivity index (χ1v) is 25.9. The maximum atomic E-state index is 13.0. The molecule has 59 heavy (non-hydrogen) atoms. The molecule has 1 heterocycles. The molecule has 12 heteroatoms. The molecule has 1 aliphatic heterocycles. The quantitative estimate of drug-likeness (QED) is 0.0205. The predicted molar refractivity (Wildman–Crippen MR) is 243 cm³/mol. The first-order chi connectivity index (χ1) is 28.4. The van der Waals surface area contributed by atoms with Gasteiger partial charge in [0.1, 0.15) is 0 Å². The van der Waals surface area contributed by atoms with E-state index in [0.717, 1.165) is 58.6 Å². The fraction of sp³-hybridized carbons (Fsp3) is 0.936. The molecule has 0 aromatic rings. The molecular formula is C47H94N4O7S. The average molecular weight is 859 g/mol. The number of hydrogen-bond donors (Lipinski definition) is 2. The van der Waals surface area contributed by atoms with Gasteiger partial charge in [-0.1, -0.05) is 201 Å². The van der Waals surface area contributed by atoms with Crippen LogP contribution in [0.2, 0.25) is 0 Å². The maximum Gasteiger partial charge on any atom is 0.227 e. The molecule has 1 saturated heterocycles. The summed E-state index contributed by atoms with van der Waals surface area (Å²) in [6.07, 6.45) is 41.6. The van der Waals surface area contributed by atoms with Crippen molar-refractivity contribution in [3.63, 3.8) is 0 Å². The van der Waals surface area contributed by atoms with Crippen molar-refractivity contribution in [2.45, 2.75) is 239 Å². The fourth-order valence-electron chi connectivity index (χ4n) is 7.94. The second-order valence-electron chi connectivity index (χ2n) is 17.9. The summed E-state index contributed by atoms with van der Waals surface area (Å²) in [7, 11) is -1.54. The lowest BCUT2D eigenvalue weighted by atomic mass is 10.0. The minimum absolute atomic E-state index is 0.0793. The number of carbonyl (C=O) groups is 3. The fourth-order valence-corrected chi connectivity index (χ4v) is 7.94. The molecule has 0 aromatic carbocycles. The number of rotatable bonds is 40. The van der Waals surface area contributed by atoms with Crippen LogP contribution in [0.3, 0.4) is 0 Å². The standard InChI is InChI=1S/C46H90N4O3.CH4O4S/c1-5-8-11-13-15-17-19-21-23-25-27-29-31-33-36-44(51)47-40-50(4,42-49-39-43(35-10-7-3)38-46(49)53)41-48-45(52)37-34-32-30-28-26-24-22-20-18-16-14-12-9-6-2;1-5-6(2,3)4/h43H,5-42H2,1-4H3,(H-,47,48,51,52);1H3,(H,2,3,4). The van der Waals surface area contributed by atoms with Crippen LogP contribution >= 0.6 is 0 Å². The smallest absolute Gasteiger partial charge is 0.227 e. The van der Waals surface area contributed by atoms with Gasteiger partial charge in [0.05, 0.1) is 14.2 Å². The van der Waals surface area contributed by atoms with Gasteiger partial charge >= 0.3 is 0 Å². The van der Waals surface area contributed by atoms with Crippen molar-refractivity contribution in [2.75, 3.05) is 40.7 Å². The number of nitrogens with zero attached hydrogens (tertiary/aromatic N) is 2. The maximum absolute atomic E-state index is 13.0. The Morgan fingerprint density at radius 2 is 0.915 bits per heavy atom. The first-order valence-electron chi connectivity index (χ1n) is 24.6. The van der Waals surface area contributed by atoms with Crippen molar-refractivity contribution in [2.24, 2.45) is 5.92 Å². The minimum Gasteiger partial charge on any atom is -0.726 e. The Hall–Kier alpha value is -1.76. The molecule has 0 radical (unpaired) electrons. The molecule has 1 fully saturated rings. The molecule has 0 aromatic heterocycles. The van der Waals surface area contributed by atoms with Crippen molar-refractivity contribution in [1.29, 1.82) is 0 Å². The Morgan fingerprint density at radius 3 is 1.22 bits per heavy atom. The van der Waals surface area contributed by atoms with Crippen LogP contribution < -0.4 is 10.6 Å². The van der Waals surface area contributed by atoms with Crippen LogP contribution in [-0.2, 0) is 29.0 Å². The summed E-state index contributed by atoms with van der Waals surface area (Å²) in [4.78, 5) is 40.7. The van der Waals surface area contributed by atoms with Gasteiger partial charge in [0.2, 0.25) is 28.1 Å². The third kappa shape index (κ3) is 37.7. The number of likely N-dealkylation sites (tertiary alicyclic amines) is 1. The first kappa shape index (κ1) is 57.2. The molecule has 11 nitrogen and oxygen atoms in total. The Balaban J connectivity index is 0.00000518. The molecule has 0 aliphatic carbocycles. The van der Waals surface area contributed by atoms with Crippen LogP contribution in [0.1, 0.15) is 239 Å². The van der Waals surface area contributed by atoms with Gasteiger partial charge in [-0.3, -0.25) is 27.9 Å². The second-order valence-corrected chi connectivity index (χ2v) is 19.0. The topological polar surface area (TPSA) is 145 Å². The summed E-state index contributed by atoms with van der Waals surface area (Å²) >= 11 is 0. The molecule has 2 N–H and O–H groups in total. The van der Waals surface area contributed by atoms with Gasteiger partial charge in [-0.25, -0.2) is 8.42 Å². The Labute approximate surface area is 364 Å². The van der Waals surface area contributed by atoms with E-state index in [1.165, 1.54) is 154 Å². The Morgan fingerprint density at radius 1 is 0.610 bits per heavy atom. The summed E-state index contributed by atoms with van der Waals surface area (Å²) in [5.41, 5.74) is 0.